The fraction of sp³-hybridized carbons (Fsp3) is 0.250. The summed E-state index contributed by atoms with van der Waals surface area (Å²) in [4.78, 5) is 27.5. The van der Waals surface area contributed by atoms with Gasteiger partial charge >= 0.3 is 5.69 Å². The second kappa shape index (κ2) is 8.27. The number of rotatable bonds is 5. The van der Waals surface area contributed by atoms with Crippen LogP contribution in [0.15, 0.2) is 48.9 Å². The number of aromatic nitrogens is 3. The predicted octanol–water partition coefficient (Wildman–Crippen LogP) is 3.30. The summed E-state index contributed by atoms with van der Waals surface area (Å²) in [5.41, 5.74) is 1.30. The minimum absolute atomic E-state index is 0.0814. The van der Waals surface area contributed by atoms with E-state index < -0.39 is 4.92 Å². The Kier molecular flexibility index (Phi) is 5.38. The van der Waals surface area contributed by atoms with Crippen molar-refractivity contribution >= 4 is 28.8 Å². The van der Waals surface area contributed by atoms with Crippen molar-refractivity contribution in [3.8, 4) is 0 Å². The van der Waals surface area contributed by atoms with Crippen molar-refractivity contribution in [1.29, 1.82) is 0 Å². The average molecular weight is 409 g/mol. The number of anilines is 4. The number of pyridine rings is 1. The normalized spacial score (nSPS) is 13.9. The molecule has 1 saturated heterocycles. The highest BCUT2D eigenvalue weighted by molar-refractivity contribution is 5.73. The van der Waals surface area contributed by atoms with E-state index >= 15 is 0 Å². The van der Waals surface area contributed by atoms with Crippen molar-refractivity contribution in [3.05, 3.63) is 70.4 Å². The Morgan fingerprint density at radius 1 is 1.03 bits per heavy atom. The van der Waals surface area contributed by atoms with Crippen LogP contribution >= 0.6 is 0 Å². The van der Waals surface area contributed by atoms with Crippen LogP contribution in [0, 0.1) is 22.9 Å². The Morgan fingerprint density at radius 3 is 2.43 bits per heavy atom. The lowest BCUT2D eigenvalue weighted by Crippen LogP contribution is -2.47. The first-order chi connectivity index (χ1) is 14.5. The summed E-state index contributed by atoms with van der Waals surface area (Å²) in [6.07, 6.45) is 2.96. The van der Waals surface area contributed by atoms with Gasteiger partial charge in [0.2, 0.25) is 11.6 Å². The zero-order valence-electron chi connectivity index (χ0n) is 16.3. The van der Waals surface area contributed by atoms with Crippen molar-refractivity contribution in [3.63, 3.8) is 0 Å². The zero-order valence-corrected chi connectivity index (χ0v) is 16.3. The fourth-order valence-corrected chi connectivity index (χ4v) is 3.39. The van der Waals surface area contributed by atoms with E-state index in [1.807, 2.05) is 22.8 Å². The number of nitro groups is 1. The van der Waals surface area contributed by atoms with E-state index in [0.29, 0.717) is 37.7 Å². The molecule has 2 aromatic heterocycles. The minimum Gasteiger partial charge on any atom is -0.366 e. The molecule has 3 heterocycles. The van der Waals surface area contributed by atoms with Crippen LogP contribution in [-0.2, 0) is 0 Å². The Labute approximate surface area is 172 Å². The van der Waals surface area contributed by atoms with Gasteiger partial charge < -0.3 is 15.1 Å². The molecule has 0 bridgehead atoms. The second-order valence-electron chi connectivity index (χ2n) is 6.92. The Hall–Kier alpha value is -3.82. The number of hydrogen-bond acceptors (Lipinski definition) is 8. The molecule has 10 heteroatoms. The molecule has 1 aliphatic rings. The third kappa shape index (κ3) is 3.97. The molecule has 1 aliphatic heterocycles. The molecule has 0 radical (unpaired) electrons. The van der Waals surface area contributed by atoms with Crippen LogP contribution in [0.25, 0.3) is 0 Å². The van der Waals surface area contributed by atoms with E-state index in [-0.39, 0.29) is 23.1 Å². The van der Waals surface area contributed by atoms with E-state index in [4.69, 9.17) is 0 Å². The Bertz CT molecular complexity index is 1050. The van der Waals surface area contributed by atoms with E-state index in [1.54, 1.807) is 30.5 Å². The number of hydrogen-bond donors (Lipinski definition) is 1. The van der Waals surface area contributed by atoms with Gasteiger partial charge in [0, 0.05) is 32.4 Å². The number of nitrogens with one attached hydrogen (secondary N) is 1. The molecule has 0 spiro atoms. The molecule has 0 atom stereocenters. The smallest absolute Gasteiger partial charge is 0.353 e. The highest BCUT2D eigenvalue weighted by Crippen LogP contribution is 2.34. The standard InChI is InChI=1S/C20H20FN7O2/c1-14-6-7-17(22-12-14)25-19-18(28(29)30)20(24-13-23-19)27-10-8-26(9-11-27)16-5-3-2-4-15(16)21/h2-7,12-13H,8-11H2,1H3,(H,22,23,24,25). The zero-order chi connectivity index (χ0) is 21.1. The number of nitrogens with zero attached hydrogens (tertiary/aromatic N) is 6. The van der Waals surface area contributed by atoms with Gasteiger partial charge in [-0.3, -0.25) is 10.1 Å². The summed E-state index contributed by atoms with van der Waals surface area (Å²) in [6.45, 7) is 3.88. The summed E-state index contributed by atoms with van der Waals surface area (Å²) in [5.74, 6) is 0.490. The first-order valence-electron chi connectivity index (χ1n) is 9.46. The van der Waals surface area contributed by atoms with Crippen LogP contribution in [0.1, 0.15) is 5.56 Å². The van der Waals surface area contributed by atoms with Crippen LogP contribution in [0.5, 0.6) is 0 Å². The molecule has 0 saturated carbocycles. The molecule has 1 fully saturated rings. The van der Waals surface area contributed by atoms with Gasteiger partial charge in [-0.05, 0) is 30.7 Å². The third-order valence-electron chi connectivity index (χ3n) is 4.92. The molecule has 0 unspecified atom stereocenters. The molecule has 9 nitrogen and oxygen atoms in total. The van der Waals surface area contributed by atoms with Gasteiger partial charge in [0.05, 0.1) is 10.6 Å². The third-order valence-corrected chi connectivity index (χ3v) is 4.92. The van der Waals surface area contributed by atoms with E-state index in [1.165, 1.54) is 12.4 Å². The van der Waals surface area contributed by atoms with Crippen molar-refractivity contribution in [2.24, 2.45) is 0 Å². The van der Waals surface area contributed by atoms with Crippen LogP contribution in [0.4, 0.5) is 33.2 Å². The number of aryl methyl sites for hydroxylation is 1. The largest absolute Gasteiger partial charge is 0.366 e. The first kappa shape index (κ1) is 19.5. The molecule has 0 amide bonds. The second-order valence-corrected chi connectivity index (χ2v) is 6.92. The van der Waals surface area contributed by atoms with Crippen molar-refractivity contribution < 1.29 is 9.31 Å². The topological polar surface area (TPSA) is 100 Å². The van der Waals surface area contributed by atoms with Gasteiger partial charge in [-0.15, -0.1) is 0 Å². The van der Waals surface area contributed by atoms with E-state index in [2.05, 4.69) is 20.3 Å². The molecule has 4 rings (SSSR count). The quantitative estimate of drug-likeness (QED) is 0.506. The fourth-order valence-electron chi connectivity index (χ4n) is 3.39. The maximum absolute atomic E-state index is 14.1. The van der Waals surface area contributed by atoms with Gasteiger partial charge in [0.1, 0.15) is 18.0 Å². The van der Waals surface area contributed by atoms with Gasteiger partial charge in [0.25, 0.3) is 0 Å². The van der Waals surface area contributed by atoms with E-state index in [9.17, 15) is 14.5 Å². The van der Waals surface area contributed by atoms with Crippen molar-refractivity contribution in [2.75, 3.05) is 41.3 Å². The minimum atomic E-state index is -0.491. The van der Waals surface area contributed by atoms with Gasteiger partial charge in [-0.1, -0.05) is 18.2 Å². The van der Waals surface area contributed by atoms with Crippen LogP contribution < -0.4 is 15.1 Å². The highest BCUT2D eigenvalue weighted by atomic mass is 19.1. The van der Waals surface area contributed by atoms with Gasteiger partial charge in [-0.25, -0.2) is 19.3 Å². The molecule has 0 aliphatic carbocycles. The maximum atomic E-state index is 14.1. The van der Waals surface area contributed by atoms with Crippen LogP contribution in [0.2, 0.25) is 0 Å². The predicted molar refractivity (Wildman–Crippen MR) is 112 cm³/mol. The molecule has 3 aromatic rings. The number of piperazine rings is 1. The van der Waals surface area contributed by atoms with Crippen LogP contribution in [-0.4, -0.2) is 46.1 Å². The van der Waals surface area contributed by atoms with Gasteiger partial charge in [0.15, 0.2) is 0 Å². The number of halogens is 1. The van der Waals surface area contributed by atoms with Crippen molar-refractivity contribution in [2.45, 2.75) is 6.92 Å². The summed E-state index contributed by atoms with van der Waals surface area (Å²) in [5, 5.41) is 14.8. The number of para-hydroxylation sites is 1. The molecule has 154 valence electrons. The summed E-state index contributed by atoms with van der Waals surface area (Å²) < 4.78 is 14.1. The lowest BCUT2D eigenvalue weighted by atomic mass is 10.2. The summed E-state index contributed by atoms with van der Waals surface area (Å²) in [7, 11) is 0. The summed E-state index contributed by atoms with van der Waals surface area (Å²) in [6, 6.07) is 10.2. The maximum Gasteiger partial charge on any atom is 0.353 e. The Balaban J connectivity index is 1.56. The monoisotopic (exact) mass is 409 g/mol. The van der Waals surface area contributed by atoms with Crippen molar-refractivity contribution in [1.82, 2.24) is 15.0 Å². The molecular weight excluding hydrogens is 389 g/mol. The molecule has 1 N–H and O–H groups in total. The summed E-state index contributed by atoms with van der Waals surface area (Å²) >= 11 is 0. The molecule has 1 aromatic carbocycles. The van der Waals surface area contributed by atoms with Crippen LogP contribution in [0.3, 0.4) is 0 Å². The SMILES string of the molecule is Cc1ccc(Nc2ncnc(N3CCN(c4ccccc4F)CC3)c2[N+](=O)[O-])nc1. The highest BCUT2D eigenvalue weighted by Gasteiger charge is 2.30. The molecular formula is C20H20FN7O2. The number of benzene rings is 1. The lowest BCUT2D eigenvalue weighted by molar-refractivity contribution is -0.383. The van der Waals surface area contributed by atoms with Gasteiger partial charge in [-0.2, -0.15) is 0 Å². The Morgan fingerprint density at radius 2 is 1.77 bits per heavy atom. The molecule has 30 heavy (non-hydrogen) atoms. The van der Waals surface area contributed by atoms with E-state index in [0.717, 1.165) is 5.56 Å². The lowest BCUT2D eigenvalue weighted by Gasteiger charge is -2.36. The first-order valence-corrected chi connectivity index (χ1v) is 9.46. The average Bonchev–Trinajstić information content (AvgIpc) is 2.75.